The summed E-state index contributed by atoms with van der Waals surface area (Å²) in [6, 6.07) is 13.1. The van der Waals surface area contributed by atoms with Gasteiger partial charge < -0.3 is 24.8 Å². The van der Waals surface area contributed by atoms with Crippen LogP contribution in [0, 0.1) is 5.82 Å². The Morgan fingerprint density at radius 2 is 1.84 bits per heavy atom. The number of hydrogen-bond donors (Lipinski definition) is 2. The first-order chi connectivity index (χ1) is 17.8. The number of nitrogens with zero attached hydrogens (tertiary/aromatic N) is 3. The van der Waals surface area contributed by atoms with E-state index in [0.717, 1.165) is 18.4 Å². The second-order valence-electron chi connectivity index (χ2n) is 9.55. The van der Waals surface area contributed by atoms with Gasteiger partial charge >= 0.3 is 0 Å². The number of fused-ring (bicyclic) bond motifs is 1. The fourth-order valence-corrected chi connectivity index (χ4v) is 4.80. The average Bonchev–Trinajstić information content (AvgIpc) is 3.64. The zero-order valence-corrected chi connectivity index (χ0v) is 20.7. The predicted molar refractivity (Wildman–Crippen MR) is 132 cm³/mol. The van der Waals surface area contributed by atoms with Gasteiger partial charge in [0.25, 0.3) is 11.8 Å². The van der Waals surface area contributed by atoms with E-state index < -0.39 is 17.4 Å². The van der Waals surface area contributed by atoms with Crippen molar-refractivity contribution in [1.29, 1.82) is 0 Å². The normalized spacial score (nSPS) is 18.8. The maximum Gasteiger partial charge on any atom is 0.274 e. The van der Waals surface area contributed by atoms with E-state index in [-0.39, 0.29) is 48.8 Å². The minimum atomic E-state index is -1.16. The van der Waals surface area contributed by atoms with Crippen molar-refractivity contribution in [3.63, 3.8) is 0 Å². The van der Waals surface area contributed by atoms with Crippen molar-refractivity contribution >= 4 is 17.7 Å². The molecular weight excluding hydrogens is 477 g/mol. The Labute approximate surface area is 213 Å². The summed E-state index contributed by atoms with van der Waals surface area (Å²) >= 11 is 0. The van der Waals surface area contributed by atoms with Gasteiger partial charge in [-0.05, 0) is 43.5 Å². The minimum Gasteiger partial charge on any atom is -0.496 e. The van der Waals surface area contributed by atoms with Crippen LogP contribution in [0.3, 0.4) is 0 Å². The SMILES string of the molecule is COc1ccccc1CNC(=O)[C@@]1(C)Cn2cnc(C(=O)NCc3ccc(F)cc3)c2C(=O)N1C1CC1. The Bertz CT molecular complexity index is 1350. The molecule has 0 spiro atoms. The number of benzene rings is 2. The first-order valence-electron chi connectivity index (χ1n) is 12.1. The molecule has 192 valence electrons. The quantitative estimate of drug-likeness (QED) is 0.490. The molecule has 10 heteroatoms. The summed E-state index contributed by atoms with van der Waals surface area (Å²) in [7, 11) is 1.57. The number of nitrogens with one attached hydrogen (secondary N) is 2. The maximum absolute atomic E-state index is 13.7. The molecule has 1 aliphatic heterocycles. The van der Waals surface area contributed by atoms with Gasteiger partial charge in [0.2, 0.25) is 5.91 Å². The topological polar surface area (TPSA) is 106 Å². The number of hydrogen-bond acceptors (Lipinski definition) is 5. The molecule has 5 rings (SSSR count). The van der Waals surface area contributed by atoms with Gasteiger partial charge in [-0.25, -0.2) is 9.37 Å². The van der Waals surface area contributed by atoms with E-state index in [4.69, 9.17) is 4.74 Å². The maximum atomic E-state index is 13.7. The van der Waals surface area contributed by atoms with Crippen molar-refractivity contribution in [2.24, 2.45) is 0 Å². The number of carbonyl (C=O) groups excluding carboxylic acids is 3. The second kappa shape index (κ2) is 9.68. The highest BCUT2D eigenvalue weighted by molar-refractivity contribution is 6.07. The van der Waals surface area contributed by atoms with Crippen LogP contribution < -0.4 is 15.4 Å². The molecule has 1 atom stereocenters. The Morgan fingerprint density at radius 1 is 1.11 bits per heavy atom. The number of ether oxygens (including phenoxy) is 1. The number of rotatable bonds is 8. The summed E-state index contributed by atoms with van der Waals surface area (Å²) in [5.41, 5.74) is 0.557. The minimum absolute atomic E-state index is 0.00856. The van der Waals surface area contributed by atoms with E-state index in [9.17, 15) is 18.8 Å². The van der Waals surface area contributed by atoms with Gasteiger partial charge in [-0.2, -0.15) is 0 Å². The lowest BCUT2D eigenvalue weighted by Gasteiger charge is -2.44. The molecule has 0 unspecified atom stereocenters. The van der Waals surface area contributed by atoms with Crippen LogP contribution in [0.5, 0.6) is 5.75 Å². The van der Waals surface area contributed by atoms with Crippen molar-refractivity contribution in [2.75, 3.05) is 7.11 Å². The van der Waals surface area contributed by atoms with E-state index in [1.54, 1.807) is 35.6 Å². The number of methoxy groups -OCH3 is 1. The summed E-state index contributed by atoms with van der Waals surface area (Å²) in [4.78, 5) is 46.0. The van der Waals surface area contributed by atoms with Crippen LogP contribution in [0.15, 0.2) is 54.9 Å². The summed E-state index contributed by atoms with van der Waals surface area (Å²) < 4.78 is 20.1. The lowest BCUT2D eigenvalue weighted by atomic mass is 9.93. The molecule has 3 amide bonds. The average molecular weight is 506 g/mol. The Kier molecular flexibility index (Phi) is 6.41. The largest absolute Gasteiger partial charge is 0.496 e. The Balaban J connectivity index is 1.36. The molecule has 1 saturated carbocycles. The summed E-state index contributed by atoms with van der Waals surface area (Å²) in [6.45, 7) is 2.33. The van der Waals surface area contributed by atoms with Crippen LogP contribution in [-0.2, 0) is 24.4 Å². The molecular formula is C27H28FN5O4. The van der Waals surface area contributed by atoms with Crippen LogP contribution in [0.1, 0.15) is 51.9 Å². The van der Waals surface area contributed by atoms with Crippen LogP contribution >= 0.6 is 0 Å². The molecule has 2 N–H and O–H groups in total. The lowest BCUT2D eigenvalue weighted by molar-refractivity contribution is -0.133. The first-order valence-corrected chi connectivity index (χ1v) is 12.1. The smallest absolute Gasteiger partial charge is 0.274 e. The first kappa shape index (κ1) is 24.5. The highest BCUT2D eigenvalue weighted by atomic mass is 19.1. The zero-order valence-electron chi connectivity index (χ0n) is 20.7. The third kappa shape index (κ3) is 4.66. The van der Waals surface area contributed by atoms with Crippen LogP contribution in [0.2, 0.25) is 0 Å². The van der Waals surface area contributed by atoms with Crippen molar-refractivity contribution in [2.45, 2.75) is 51.0 Å². The molecule has 37 heavy (non-hydrogen) atoms. The molecule has 0 saturated heterocycles. The Morgan fingerprint density at radius 3 is 2.54 bits per heavy atom. The number of amides is 3. The number of aromatic nitrogens is 2. The molecule has 1 aliphatic carbocycles. The van der Waals surface area contributed by atoms with Crippen LogP contribution in [-0.4, -0.2) is 50.9 Å². The number of carbonyl (C=O) groups is 3. The van der Waals surface area contributed by atoms with Gasteiger partial charge in [0.1, 0.15) is 22.8 Å². The fourth-order valence-electron chi connectivity index (χ4n) is 4.80. The van der Waals surface area contributed by atoms with Gasteiger partial charge in [0.05, 0.1) is 20.0 Å². The predicted octanol–water partition coefficient (Wildman–Crippen LogP) is 2.65. The van der Waals surface area contributed by atoms with Crippen LogP contribution in [0.25, 0.3) is 0 Å². The van der Waals surface area contributed by atoms with Gasteiger partial charge in [0, 0.05) is 24.7 Å². The van der Waals surface area contributed by atoms with E-state index in [2.05, 4.69) is 15.6 Å². The van der Waals surface area contributed by atoms with E-state index in [0.29, 0.717) is 11.3 Å². The molecule has 0 radical (unpaired) electrons. The lowest BCUT2D eigenvalue weighted by Crippen LogP contribution is -2.64. The second-order valence-corrected chi connectivity index (χ2v) is 9.55. The van der Waals surface area contributed by atoms with Crippen molar-refractivity contribution < 1.29 is 23.5 Å². The highest BCUT2D eigenvalue weighted by Gasteiger charge is 2.53. The Hall–Kier alpha value is -4.21. The summed E-state index contributed by atoms with van der Waals surface area (Å²) in [6.07, 6.45) is 3.01. The molecule has 2 heterocycles. The van der Waals surface area contributed by atoms with E-state index >= 15 is 0 Å². The summed E-state index contributed by atoms with van der Waals surface area (Å²) in [5.74, 6) is -0.890. The molecule has 1 fully saturated rings. The standard InChI is InChI=1S/C27H28FN5O4/c1-27(26(36)30-14-18-5-3-4-6-21(18)37-2)15-32-16-31-22(23(32)25(35)33(27)20-11-12-20)24(34)29-13-17-7-9-19(28)10-8-17/h3-10,16,20H,11-15H2,1-2H3,(H,29,34)(H,30,36)/t27-/m1/s1. The zero-order chi connectivity index (χ0) is 26.2. The molecule has 1 aromatic heterocycles. The highest BCUT2D eigenvalue weighted by Crippen LogP contribution is 2.39. The van der Waals surface area contributed by atoms with Crippen LogP contribution in [0.4, 0.5) is 4.39 Å². The summed E-state index contributed by atoms with van der Waals surface area (Å²) in [5, 5.41) is 5.71. The van der Waals surface area contributed by atoms with Gasteiger partial charge in [-0.15, -0.1) is 0 Å². The fraction of sp³-hybridized carbons (Fsp3) is 0.333. The number of halogens is 1. The number of imidazole rings is 1. The molecule has 2 aliphatic rings. The van der Waals surface area contributed by atoms with Gasteiger partial charge in [-0.1, -0.05) is 30.3 Å². The third-order valence-electron chi connectivity index (χ3n) is 6.88. The molecule has 9 nitrogen and oxygen atoms in total. The number of para-hydroxylation sites is 1. The monoisotopic (exact) mass is 505 g/mol. The van der Waals surface area contributed by atoms with Crippen molar-refractivity contribution in [3.8, 4) is 5.75 Å². The van der Waals surface area contributed by atoms with E-state index in [1.165, 1.54) is 18.5 Å². The van der Waals surface area contributed by atoms with E-state index in [1.807, 2.05) is 24.3 Å². The van der Waals surface area contributed by atoms with Gasteiger partial charge in [0.15, 0.2) is 5.69 Å². The molecule has 0 bridgehead atoms. The van der Waals surface area contributed by atoms with Crippen molar-refractivity contribution in [3.05, 3.63) is 83.2 Å². The molecule has 2 aromatic carbocycles. The molecule has 3 aromatic rings. The van der Waals surface area contributed by atoms with Gasteiger partial charge in [-0.3, -0.25) is 14.4 Å². The van der Waals surface area contributed by atoms with Crippen molar-refractivity contribution in [1.82, 2.24) is 25.1 Å². The third-order valence-corrected chi connectivity index (χ3v) is 6.88.